The van der Waals surface area contributed by atoms with Crippen molar-refractivity contribution >= 4 is 16.9 Å². The highest BCUT2D eigenvalue weighted by Gasteiger charge is 2.48. The molecule has 10 atom stereocenters. The molecule has 2 aliphatic rings. The second kappa shape index (κ2) is 14.0. The fraction of sp³-hybridized carbons (Fsp3) is 0.484. The van der Waals surface area contributed by atoms with Gasteiger partial charge in [-0.1, -0.05) is 0 Å². The summed E-state index contributed by atoms with van der Waals surface area (Å²) in [5.41, 5.74) is -0.162. The molecule has 0 amide bonds. The number of ether oxygens (including phenoxy) is 7. The van der Waals surface area contributed by atoms with Crippen LogP contribution in [0.3, 0.4) is 0 Å². The van der Waals surface area contributed by atoms with Crippen LogP contribution in [0.5, 0.6) is 23.0 Å². The summed E-state index contributed by atoms with van der Waals surface area (Å²) in [7, 11) is 2.71. The van der Waals surface area contributed by atoms with E-state index in [-0.39, 0.29) is 28.2 Å². The lowest BCUT2D eigenvalue weighted by Gasteiger charge is -2.43. The predicted molar refractivity (Wildman–Crippen MR) is 158 cm³/mol. The molecule has 256 valence electrons. The van der Waals surface area contributed by atoms with Crippen LogP contribution in [0.4, 0.5) is 0 Å². The molecule has 16 heteroatoms. The first-order valence-electron chi connectivity index (χ1n) is 14.5. The van der Waals surface area contributed by atoms with E-state index in [4.69, 9.17) is 37.6 Å². The van der Waals surface area contributed by atoms with Gasteiger partial charge in [-0.05, 0) is 31.2 Å². The lowest BCUT2D eigenvalue weighted by atomic mass is 9.98. The van der Waals surface area contributed by atoms with Crippen LogP contribution in [0.1, 0.15) is 13.8 Å². The van der Waals surface area contributed by atoms with Crippen LogP contribution in [0.25, 0.3) is 22.3 Å². The second-order valence-corrected chi connectivity index (χ2v) is 11.1. The van der Waals surface area contributed by atoms with Crippen molar-refractivity contribution in [2.24, 2.45) is 0 Å². The fourth-order valence-electron chi connectivity index (χ4n) is 5.41. The number of rotatable bonds is 9. The summed E-state index contributed by atoms with van der Waals surface area (Å²) in [6, 6.07) is 9.11. The summed E-state index contributed by atoms with van der Waals surface area (Å²) in [6.45, 7) is 2.09. The van der Waals surface area contributed by atoms with Crippen LogP contribution in [0.15, 0.2) is 45.6 Å². The number of aliphatic hydroxyl groups is 5. The van der Waals surface area contributed by atoms with Gasteiger partial charge in [-0.2, -0.15) is 0 Å². The molecule has 5 rings (SSSR count). The molecule has 3 heterocycles. The first-order chi connectivity index (χ1) is 22.3. The van der Waals surface area contributed by atoms with Gasteiger partial charge >= 0.3 is 5.97 Å². The van der Waals surface area contributed by atoms with Crippen molar-refractivity contribution in [1.29, 1.82) is 0 Å². The highest BCUT2D eigenvalue weighted by Crippen LogP contribution is 2.43. The smallest absolute Gasteiger partial charge is 0.303 e. The van der Waals surface area contributed by atoms with E-state index < -0.39 is 85.2 Å². The maximum atomic E-state index is 13.0. The van der Waals surface area contributed by atoms with Crippen molar-refractivity contribution < 1.29 is 73.0 Å². The summed E-state index contributed by atoms with van der Waals surface area (Å²) in [5, 5.41) is 63.6. The standard InChI is InChI=1S/C31H36O16/c1-12-28(44-13(2)32)25(37)27(39)30(43-12)42-11-20-22(34)24(36)26(38)31(47-20)46-19-10-18-21(23(35)29(19)41-4)16(33)9-17(45-18)14-5-7-15(40-3)8-6-14/h5-10,12,20,22,24-28,30-31,34-39H,11H2,1-4H3. The lowest BCUT2D eigenvalue weighted by Crippen LogP contribution is -2.62. The molecule has 6 N–H and O–H groups in total. The van der Waals surface area contributed by atoms with Crippen molar-refractivity contribution in [2.45, 2.75) is 75.3 Å². The van der Waals surface area contributed by atoms with E-state index in [2.05, 4.69) is 0 Å². The molecule has 2 aliphatic heterocycles. The number of fused-ring (bicyclic) bond motifs is 1. The van der Waals surface area contributed by atoms with E-state index in [0.717, 1.165) is 6.92 Å². The number of hydrogen-bond acceptors (Lipinski definition) is 16. The van der Waals surface area contributed by atoms with Gasteiger partial charge in [0.25, 0.3) is 0 Å². The maximum Gasteiger partial charge on any atom is 0.303 e. The van der Waals surface area contributed by atoms with Gasteiger partial charge in [0.2, 0.25) is 12.0 Å². The summed E-state index contributed by atoms with van der Waals surface area (Å²) in [4.78, 5) is 24.4. The lowest BCUT2D eigenvalue weighted by molar-refractivity contribution is -0.319. The van der Waals surface area contributed by atoms with E-state index in [1.165, 1.54) is 33.3 Å². The molecule has 0 saturated carbocycles. The monoisotopic (exact) mass is 664 g/mol. The largest absolute Gasteiger partial charge is 0.504 e. The van der Waals surface area contributed by atoms with Gasteiger partial charge in [0, 0.05) is 24.6 Å². The minimum Gasteiger partial charge on any atom is -0.504 e. The third-order valence-electron chi connectivity index (χ3n) is 7.91. The normalized spacial score (nSPS) is 30.9. The minimum absolute atomic E-state index is 0.106. The molecule has 47 heavy (non-hydrogen) atoms. The molecule has 3 aromatic rings. The number of hydrogen-bond donors (Lipinski definition) is 6. The summed E-state index contributed by atoms with van der Waals surface area (Å²) >= 11 is 0. The topological polar surface area (TPSA) is 233 Å². The Morgan fingerprint density at radius 2 is 1.55 bits per heavy atom. The average molecular weight is 665 g/mol. The van der Waals surface area contributed by atoms with Gasteiger partial charge < -0.3 is 68.2 Å². The van der Waals surface area contributed by atoms with Crippen LogP contribution in [0.2, 0.25) is 0 Å². The van der Waals surface area contributed by atoms with E-state index in [1.54, 1.807) is 24.3 Å². The van der Waals surface area contributed by atoms with Gasteiger partial charge in [-0.15, -0.1) is 0 Å². The van der Waals surface area contributed by atoms with Crippen molar-refractivity contribution in [2.75, 3.05) is 20.8 Å². The fourth-order valence-corrected chi connectivity index (χ4v) is 5.41. The van der Waals surface area contributed by atoms with Crippen molar-refractivity contribution in [3.05, 3.63) is 46.6 Å². The van der Waals surface area contributed by atoms with E-state index >= 15 is 0 Å². The van der Waals surface area contributed by atoms with E-state index in [1.807, 2.05) is 0 Å². The van der Waals surface area contributed by atoms with E-state index in [0.29, 0.717) is 11.3 Å². The number of methoxy groups -OCH3 is 2. The van der Waals surface area contributed by atoms with Gasteiger partial charge in [-0.25, -0.2) is 0 Å². The van der Waals surface area contributed by atoms with E-state index in [9.17, 15) is 40.2 Å². The first-order valence-corrected chi connectivity index (χ1v) is 14.5. The molecule has 1 aromatic heterocycles. The number of carbonyl (C=O) groups is 1. The molecule has 10 unspecified atom stereocenters. The molecule has 2 fully saturated rings. The summed E-state index contributed by atoms with van der Waals surface area (Å²) in [6.07, 6.45) is -15.2. The Kier molecular flexibility index (Phi) is 10.2. The number of phenols is 1. The van der Waals surface area contributed by atoms with Gasteiger partial charge in [0.15, 0.2) is 29.3 Å². The molecule has 0 aliphatic carbocycles. The zero-order valence-corrected chi connectivity index (χ0v) is 25.7. The van der Waals surface area contributed by atoms with Gasteiger partial charge in [0.1, 0.15) is 59.1 Å². The number of esters is 1. The Balaban J connectivity index is 1.37. The Bertz CT molecular complexity index is 1620. The van der Waals surface area contributed by atoms with Crippen LogP contribution in [0, 0.1) is 0 Å². The number of phenolic OH excluding ortho intramolecular Hbond substituents is 1. The zero-order valence-electron chi connectivity index (χ0n) is 25.7. The Morgan fingerprint density at radius 1 is 0.872 bits per heavy atom. The third-order valence-corrected chi connectivity index (χ3v) is 7.91. The maximum absolute atomic E-state index is 13.0. The zero-order chi connectivity index (χ0) is 34.2. The Hall–Kier alpha value is -4.00. The van der Waals surface area contributed by atoms with Crippen LogP contribution in [-0.2, 0) is 23.7 Å². The second-order valence-electron chi connectivity index (χ2n) is 11.1. The van der Waals surface area contributed by atoms with Gasteiger partial charge in [-0.3, -0.25) is 9.59 Å². The van der Waals surface area contributed by atoms with Crippen molar-refractivity contribution in [1.82, 2.24) is 0 Å². The van der Waals surface area contributed by atoms with Crippen molar-refractivity contribution in [3.63, 3.8) is 0 Å². The first kappa shape index (κ1) is 34.3. The quantitative estimate of drug-likeness (QED) is 0.162. The molecular formula is C31H36O16. The molecular weight excluding hydrogens is 628 g/mol. The van der Waals surface area contributed by atoms with Crippen molar-refractivity contribution in [3.8, 4) is 34.3 Å². The molecule has 0 spiro atoms. The summed E-state index contributed by atoms with van der Waals surface area (Å²) < 4.78 is 44.0. The molecule has 16 nitrogen and oxygen atoms in total. The van der Waals surface area contributed by atoms with Crippen LogP contribution >= 0.6 is 0 Å². The Labute approximate surface area is 267 Å². The molecule has 2 saturated heterocycles. The average Bonchev–Trinajstić information content (AvgIpc) is 3.04. The minimum atomic E-state index is -1.83. The highest BCUT2D eigenvalue weighted by atomic mass is 16.7. The molecule has 2 aromatic carbocycles. The number of aromatic hydroxyl groups is 1. The summed E-state index contributed by atoms with van der Waals surface area (Å²) in [5.74, 6) is -1.13. The van der Waals surface area contributed by atoms with Gasteiger partial charge in [0.05, 0.1) is 26.9 Å². The SMILES string of the molecule is COc1ccc(-c2cc(=O)c3c(O)c(OC)c(OC4OC(COC5OC(C)C(OC(C)=O)C(O)C5O)C(O)C(O)C4O)cc3o2)cc1. The molecule has 0 bridgehead atoms. The third kappa shape index (κ3) is 6.86. The Morgan fingerprint density at radius 3 is 2.19 bits per heavy atom. The molecule has 0 radical (unpaired) electrons. The number of aliphatic hydroxyl groups excluding tert-OH is 5. The number of benzene rings is 2. The predicted octanol–water partition coefficient (Wildman–Crippen LogP) is -0.216. The van der Waals surface area contributed by atoms with Crippen LogP contribution < -0.4 is 19.6 Å². The highest BCUT2D eigenvalue weighted by molar-refractivity contribution is 5.89. The van der Waals surface area contributed by atoms with Crippen LogP contribution in [-0.4, -0.2) is 119 Å². The number of carbonyl (C=O) groups excluding carboxylic acids is 1.